The fraction of sp³-hybridized carbons (Fsp3) is 0.273. The van der Waals surface area contributed by atoms with Crippen molar-refractivity contribution in [3.63, 3.8) is 0 Å². The fourth-order valence-electron chi connectivity index (χ4n) is 3.86. The minimum atomic E-state index is -3.54. The van der Waals surface area contributed by atoms with Gasteiger partial charge in [-0.1, -0.05) is 70.9 Å². The summed E-state index contributed by atoms with van der Waals surface area (Å²) in [6.07, 6.45) is 6.47. The Balaban J connectivity index is 1.76. The van der Waals surface area contributed by atoms with E-state index in [2.05, 4.69) is 53.2 Å². The Bertz CT molecular complexity index is 1010. The van der Waals surface area contributed by atoms with Crippen LogP contribution in [0.5, 0.6) is 0 Å². The maximum atomic E-state index is 13.3. The van der Waals surface area contributed by atoms with Crippen LogP contribution >= 0.6 is 15.9 Å². The number of fused-ring (bicyclic) bond motifs is 2. The minimum absolute atomic E-state index is 0.0626. The second kappa shape index (κ2) is 7.04. The number of aryl methyl sites for hydroxylation is 1. The molecule has 1 unspecified atom stereocenters. The highest BCUT2D eigenvalue weighted by Crippen LogP contribution is 2.39. The molecular formula is C22H22BrNO2S. The van der Waals surface area contributed by atoms with Gasteiger partial charge in [0.15, 0.2) is 0 Å². The van der Waals surface area contributed by atoms with Gasteiger partial charge in [-0.25, -0.2) is 8.42 Å². The molecule has 0 spiro atoms. The number of benzene rings is 2. The molecule has 3 aliphatic rings. The van der Waals surface area contributed by atoms with Crippen LogP contribution in [0.2, 0.25) is 0 Å². The molecule has 0 fully saturated rings. The first-order valence-corrected chi connectivity index (χ1v) is 11.3. The molecule has 0 N–H and O–H groups in total. The summed E-state index contributed by atoms with van der Waals surface area (Å²) in [4.78, 5) is 0.367. The van der Waals surface area contributed by atoms with E-state index in [-0.39, 0.29) is 17.9 Å². The molecule has 5 heteroatoms. The predicted molar refractivity (Wildman–Crippen MR) is 113 cm³/mol. The second-order valence-electron chi connectivity index (χ2n) is 7.36. The summed E-state index contributed by atoms with van der Waals surface area (Å²) < 4.78 is 29.4. The molecule has 3 nitrogen and oxygen atoms in total. The average molecular weight is 444 g/mol. The number of rotatable bonds is 3. The van der Waals surface area contributed by atoms with E-state index < -0.39 is 10.0 Å². The largest absolute Gasteiger partial charge is 0.243 e. The van der Waals surface area contributed by atoms with Gasteiger partial charge in [-0.2, -0.15) is 4.31 Å². The van der Waals surface area contributed by atoms with E-state index in [1.54, 1.807) is 16.4 Å². The second-order valence-corrected chi connectivity index (χ2v) is 10.2. The zero-order chi connectivity index (χ0) is 19.2. The van der Waals surface area contributed by atoms with Gasteiger partial charge in [0.05, 0.1) is 4.90 Å². The van der Waals surface area contributed by atoms with Crippen LogP contribution in [0.25, 0.3) is 5.57 Å². The van der Waals surface area contributed by atoms with Crippen LogP contribution < -0.4 is 0 Å². The lowest BCUT2D eigenvalue weighted by Gasteiger charge is -2.37. The van der Waals surface area contributed by atoms with Gasteiger partial charge in [0.25, 0.3) is 0 Å². The lowest BCUT2D eigenvalue weighted by atomic mass is 9.88. The molecule has 0 saturated carbocycles. The first-order valence-electron chi connectivity index (χ1n) is 9.11. The van der Waals surface area contributed by atoms with E-state index in [1.165, 1.54) is 5.57 Å². The highest BCUT2D eigenvalue weighted by molar-refractivity contribution is 9.10. The molecule has 3 atom stereocenters. The zero-order valence-corrected chi connectivity index (χ0v) is 17.7. The summed E-state index contributed by atoms with van der Waals surface area (Å²) in [5.41, 5.74) is 3.42. The Labute approximate surface area is 169 Å². The standard InChI is InChI=1S/C22H22BrNO2S/c1-15-3-11-20(12-4-15)27(25,26)24-14-18-6-5-16(2)22(24)13-21(18)17-7-9-19(23)10-8-17/h3-13,16,18,22H,14H2,1-2H3/t16?,18-,22+/m1/s1. The van der Waals surface area contributed by atoms with Gasteiger partial charge in [-0.05, 0) is 48.2 Å². The van der Waals surface area contributed by atoms with E-state index in [4.69, 9.17) is 0 Å². The molecular weight excluding hydrogens is 422 g/mol. The quantitative estimate of drug-likeness (QED) is 0.623. The van der Waals surface area contributed by atoms with Crippen LogP contribution in [0.1, 0.15) is 18.1 Å². The number of halogens is 1. The maximum absolute atomic E-state index is 13.3. The van der Waals surface area contributed by atoms with Crippen LogP contribution in [-0.4, -0.2) is 25.3 Å². The van der Waals surface area contributed by atoms with Crippen LogP contribution in [0.3, 0.4) is 0 Å². The van der Waals surface area contributed by atoms with Crippen LogP contribution in [0.15, 0.2) is 76.1 Å². The van der Waals surface area contributed by atoms with E-state index in [9.17, 15) is 8.42 Å². The SMILES string of the molecule is Cc1ccc(S(=O)(=O)N2C[C@H]3C=CC(C)[C@@H]2C=C3c2ccc(Br)cc2)cc1. The van der Waals surface area contributed by atoms with Gasteiger partial charge in [-0.3, -0.25) is 0 Å². The Morgan fingerprint density at radius 1 is 1.00 bits per heavy atom. The van der Waals surface area contributed by atoms with Crippen molar-refractivity contribution >= 4 is 31.5 Å². The normalized spacial score (nSPS) is 25.3. The van der Waals surface area contributed by atoms with Gasteiger partial charge < -0.3 is 0 Å². The molecule has 2 heterocycles. The zero-order valence-electron chi connectivity index (χ0n) is 15.3. The lowest BCUT2D eigenvalue weighted by molar-refractivity contribution is 0.308. The maximum Gasteiger partial charge on any atom is 0.243 e. The van der Waals surface area contributed by atoms with Gasteiger partial charge >= 0.3 is 0 Å². The summed E-state index contributed by atoms with van der Waals surface area (Å²) in [6, 6.07) is 15.2. The third kappa shape index (κ3) is 3.44. The van der Waals surface area contributed by atoms with Gasteiger partial charge in [0, 0.05) is 23.0 Å². The first-order chi connectivity index (χ1) is 12.9. The number of hydrogen-bond donors (Lipinski definition) is 0. The Hall–Kier alpha value is -1.69. The van der Waals surface area contributed by atoms with Gasteiger partial charge in [-0.15, -0.1) is 0 Å². The smallest absolute Gasteiger partial charge is 0.207 e. The summed E-state index contributed by atoms with van der Waals surface area (Å²) in [6.45, 7) is 4.52. The fourth-order valence-corrected chi connectivity index (χ4v) is 5.81. The molecule has 5 rings (SSSR count). The van der Waals surface area contributed by atoms with Crippen molar-refractivity contribution in [2.75, 3.05) is 6.54 Å². The van der Waals surface area contributed by atoms with Crippen molar-refractivity contribution in [3.05, 3.63) is 82.4 Å². The van der Waals surface area contributed by atoms with E-state index in [0.29, 0.717) is 11.4 Å². The Morgan fingerprint density at radius 3 is 2.33 bits per heavy atom. The molecule has 0 radical (unpaired) electrons. The Kier molecular flexibility index (Phi) is 4.87. The third-order valence-corrected chi connectivity index (χ3v) is 7.86. The van der Waals surface area contributed by atoms with Crippen molar-refractivity contribution in [2.24, 2.45) is 11.8 Å². The lowest BCUT2D eigenvalue weighted by Crippen LogP contribution is -2.46. The summed E-state index contributed by atoms with van der Waals surface area (Å²) in [5.74, 6) is 0.191. The highest BCUT2D eigenvalue weighted by atomic mass is 79.9. The Morgan fingerprint density at radius 2 is 1.67 bits per heavy atom. The monoisotopic (exact) mass is 443 g/mol. The minimum Gasteiger partial charge on any atom is -0.207 e. The summed E-state index contributed by atoms with van der Waals surface area (Å²) in [5, 5.41) is 0. The van der Waals surface area contributed by atoms with Crippen molar-refractivity contribution in [1.29, 1.82) is 0 Å². The number of nitrogens with zero attached hydrogens (tertiary/aromatic N) is 1. The molecule has 1 aliphatic carbocycles. The number of hydrogen-bond acceptors (Lipinski definition) is 2. The molecule has 140 valence electrons. The topological polar surface area (TPSA) is 37.4 Å². The summed E-state index contributed by atoms with van der Waals surface area (Å²) in [7, 11) is -3.54. The number of sulfonamides is 1. The molecule has 2 aromatic rings. The molecule has 2 bridgehead atoms. The van der Waals surface area contributed by atoms with E-state index in [1.807, 2.05) is 31.2 Å². The van der Waals surface area contributed by atoms with Crippen molar-refractivity contribution < 1.29 is 8.42 Å². The van der Waals surface area contributed by atoms with Crippen molar-refractivity contribution in [2.45, 2.75) is 24.8 Å². The van der Waals surface area contributed by atoms with Crippen LogP contribution in [0.4, 0.5) is 0 Å². The summed E-state index contributed by atoms with van der Waals surface area (Å²) >= 11 is 3.48. The molecule has 2 aliphatic heterocycles. The van der Waals surface area contributed by atoms with Crippen molar-refractivity contribution in [3.8, 4) is 0 Å². The molecule has 0 saturated heterocycles. The molecule has 27 heavy (non-hydrogen) atoms. The van der Waals surface area contributed by atoms with Crippen LogP contribution in [0, 0.1) is 18.8 Å². The van der Waals surface area contributed by atoms with Crippen molar-refractivity contribution in [1.82, 2.24) is 4.31 Å². The van der Waals surface area contributed by atoms with E-state index >= 15 is 0 Å². The first kappa shape index (κ1) is 18.7. The van der Waals surface area contributed by atoms with Gasteiger partial charge in [0.2, 0.25) is 10.0 Å². The predicted octanol–water partition coefficient (Wildman–Crippen LogP) is 5.04. The molecule has 0 amide bonds. The van der Waals surface area contributed by atoms with Crippen LogP contribution in [-0.2, 0) is 10.0 Å². The van der Waals surface area contributed by atoms with E-state index in [0.717, 1.165) is 15.6 Å². The average Bonchev–Trinajstić information content (AvgIpc) is 2.92. The molecule has 2 aromatic carbocycles. The molecule has 0 aromatic heterocycles. The third-order valence-electron chi connectivity index (χ3n) is 5.45. The highest BCUT2D eigenvalue weighted by Gasteiger charge is 2.40. The van der Waals surface area contributed by atoms with Gasteiger partial charge in [0.1, 0.15) is 0 Å².